The van der Waals surface area contributed by atoms with Crippen LogP contribution in [0.1, 0.15) is 96.8 Å². The minimum absolute atomic E-state index is 0.0533. The lowest BCUT2D eigenvalue weighted by Gasteiger charge is -2.03. The van der Waals surface area contributed by atoms with E-state index in [9.17, 15) is 20.2 Å². The highest BCUT2D eigenvalue weighted by Crippen LogP contribution is 2.13. The number of nitro groups is 2. The quantitative estimate of drug-likeness (QED) is 0.166. The summed E-state index contributed by atoms with van der Waals surface area (Å²) in [5.74, 6) is 0. The maximum atomic E-state index is 10.5. The number of rotatable bonds is 16. The smallest absolute Gasteiger partial charge is 0.259 e. The Morgan fingerprint density at radius 1 is 0.636 bits per heavy atom. The third kappa shape index (κ3) is 12.5. The first-order chi connectivity index (χ1) is 10.6. The molecule has 0 bridgehead atoms. The highest BCUT2D eigenvalue weighted by atomic mass is 16.7. The van der Waals surface area contributed by atoms with E-state index in [0.29, 0.717) is 6.42 Å². The summed E-state index contributed by atoms with van der Waals surface area (Å²) in [4.78, 5) is 19.3. The summed E-state index contributed by atoms with van der Waals surface area (Å²) in [6.45, 7) is 2.23. The van der Waals surface area contributed by atoms with E-state index in [2.05, 4.69) is 6.92 Å². The number of nitrogens with zero attached hydrogens (tertiary/aromatic N) is 2. The number of hydrogen-bond acceptors (Lipinski definition) is 4. The maximum Gasteiger partial charge on any atom is 0.450 e. The summed E-state index contributed by atoms with van der Waals surface area (Å²) in [6, 6.07) is 0. The Morgan fingerprint density at radius 2 is 0.955 bits per heavy atom. The van der Waals surface area contributed by atoms with Gasteiger partial charge in [-0.05, 0) is 6.42 Å². The van der Waals surface area contributed by atoms with Crippen molar-refractivity contribution in [3.05, 3.63) is 20.2 Å². The Labute approximate surface area is 134 Å². The van der Waals surface area contributed by atoms with Gasteiger partial charge in [0.25, 0.3) is 0 Å². The molecule has 22 heavy (non-hydrogen) atoms. The first-order valence-electron chi connectivity index (χ1n) is 8.86. The minimum atomic E-state index is -1.62. The van der Waals surface area contributed by atoms with Crippen molar-refractivity contribution < 1.29 is 9.85 Å². The SMILES string of the molecule is CCCCCCCCCCCCCCCC([N+](=O)[O-])[N+](=O)[O-]. The van der Waals surface area contributed by atoms with Crippen molar-refractivity contribution in [2.45, 2.75) is 103 Å². The molecule has 130 valence electrons. The molecule has 0 aliphatic carbocycles. The van der Waals surface area contributed by atoms with Crippen LogP contribution in [-0.2, 0) is 0 Å². The van der Waals surface area contributed by atoms with Crippen molar-refractivity contribution in [3.63, 3.8) is 0 Å². The molecule has 0 radical (unpaired) electrons. The van der Waals surface area contributed by atoms with Crippen LogP contribution < -0.4 is 0 Å². The van der Waals surface area contributed by atoms with Crippen molar-refractivity contribution in [1.82, 2.24) is 0 Å². The largest absolute Gasteiger partial charge is 0.450 e. The molecule has 0 aromatic heterocycles. The van der Waals surface area contributed by atoms with E-state index in [4.69, 9.17) is 0 Å². The molecule has 6 heteroatoms. The van der Waals surface area contributed by atoms with Gasteiger partial charge in [-0.1, -0.05) is 84.0 Å². The van der Waals surface area contributed by atoms with Crippen molar-refractivity contribution in [2.24, 2.45) is 0 Å². The van der Waals surface area contributed by atoms with Crippen LogP contribution in [-0.4, -0.2) is 16.0 Å². The first-order valence-corrected chi connectivity index (χ1v) is 8.86. The molecule has 0 aliphatic heterocycles. The van der Waals surface area contributed by atoms with E-state index in [0.717, 1.165) is 19.3 Å². The Hall–Kier alpha value is -1.20. The van der Waals surface area contributed by atoms with Gasteiger partial charge in [-0.15, -0.1) is 0 Å². The van der Waals surface area contributed by atoms with Crippen LogP contribution in [0, 0.1) is 20.2 Å². The van der Waals surface area contributed by atoms with E-state index >= 15 is 0 Å². The summed E-state index contributed by atoms with van der Waals surface area (Å²) in [5.41, 5.74) is 0. The molecule has 0 saturated carbocycles. The predicted molar refractivity (Wildman–Crippen MR) is 88.1 cm³/mol. The lowest BCUT2D eigenvalue weighted by Crippen LogP contribution is -2.28. The van der Waals surface area contributed by atoms with Crippen LogP contribution >= 0.6 is 0 Å². The molecule has 0 heterocycles. The van der Waals surface area contributed by atoms with Crippen molar-refractivity contribution in [2.75, 3.05) is 0 Å². The maximum absolute atomic E-state index is 10.5. The van der Waals surface area contributed by atoms with Gasteiger partial charge in [0, 0.05) is 0 Å². The second-order valence-corrected chi connectivity index (χ2v) is 6.08. The van der Waals surface area contributed by atoms with Gasteiger partial charge in [0.05, 0.1) is 16.3 Å². The highest BCUT2D eigenvalue weighted by Gasteiger charge is 2.30. The summed E-state index contributed by atoms with van der Waals surface area (Å²) in [6.07, 6.45) is 13.9. The van der Waals surface area contributed by atoms with Gasteiger partial charge in [0.15, 0.2) is 0 Å². The zero-order chi connectivity index (χ0) is 16.6. The van der Waals surface area contributed by atoms with Gasteiger partial charge < -0.3 is 0 Å². The van der Waals surface area contributed by atoms with Gasteiger partial charge in [0.1, 0.15) is 0 Å². The summed E-state index contributed by atoms with van der Waals surface area (Å²) >= 11 is 0. The normalized spacial score (nSPS) is 11.0. The number of unbranched alkanes of at least 4 members (excludes halogenated alkanes) is 12. The van der Waals surface area contributed by atoms with Crippen LogP contribution in [0.5, 0.6) is 0 Å². The molecule has 0 rings (SSSR count). The first kappa shape index (κ1) is 20.8. The van der Waals surface area contributed by atoms with Crippen LogP contribution in [0.15, 0.2) is 0 Å². The van der Waals surface area contributed by atoms with Crippen LogP contribution in [0.2, 0.25) is 0 Å². The van der Waals surface area contributed by atoms with E-state index in [-0.39, 0.29) is 6.42 Å². The van der Waals surface area contributed by atoms with Crippen LogP contribution in [0.3, 0.4) is 0 Å². The van der Waals surface area contributed by atoms with Gasteiger partial charge in [-0.25, -0.2) is 0 Å². The number of hydrogen-bond donors (Lipinski definition) is 0. The Kier molecular flexibility index (Phi) is 13.9. The predicted octanol–water partition coefficient (Wildman–Crippen LogP) is 5.35. The van der Waals surface area contributed by atoms with Crippen LogP contribution in [0.4, 0.5) is 0 Å². The average molecular weight is 316 g/mol. The van der Waals surface area contributed by atoms with E-state index in [1.165, 1.54) is 57.8 Å². The molecule has 0 aromatic carbocycles. The van der Waals surface area contributed by atoms with Crippen molar-refractivity contribution in [1.29, 1.82) is 0 Å². The molecule has 0 fully saturated rings. The third-order valence-electron chi connectivity index (χ3n) is 4.05. The summed E-state index contributed by atoms with van der Waals surface area (Å²) in [5, 5.41) is 20.9. The van der Waals surface area contributed by atoms with Crippen molar-refractivity contribution >= 4 is 0 Å². The van der Waals surface area contributed by atoms with Gasteiger partial charge in [-0.2, -0.15) is 0 Å². The molecule has 0 spiro atoms. The standard InChI is InChI=1S/C16H32N2O4/c1-2-3-4-5-6-7-8-9-10-11-12-13-14-15-16(17(19)20)18(21)22/h16H,2-15H2,1H3. The fourth-order valence-electron chi connectivity index (χ4n) is 2.63. The second-order valence-electron chi connectivity index (χ2n) is 6.08. The fourth-order valence-corrected chi connectivity index (χ4v) is 2.63. The molecule has 0 unspecified atom stereocenters. The molecule has 0 aromatic rings. The molecule has 6 nitrogen and oxygen atoms in total. The van der Waals surface area contributed by atoms with E-state index in [1.54, 1.807) is 0 Å². The van der Waals surface area contributed by atoms with Crippen LogP contribution in [0.25, 0.3) is 0 Å². The molecule has 0 amide bonds. The second kappa shape index (κ2) is 14.7. The van der Waals surface area contributed by atoms with Crippen molar-refractivity contribution in [3.8, 4) is 0 Å². The molecule has 0 N–H and O–H groups in total. The zero-order valence-corrected chi connectivity index (χ0v) is 14.0. The Morgan fingerprint density at radius 3 is 1.27 bits per heavy atom. The fraction of sp³-hybridized carbons (Fsp3) is 1.00. The Bertz CT molecular complexity index is 284. The monoisotopic (exact) mass is 316 g/mol. The molecule has 0 aliphatic rings. The summed E-state index contributed by atoms with van der Waals surface area (Å²) in [7, 11) is 0. The molecular formula is C16H32N2O4. The minimum Gasteiger partial charge on any atom is -0.259 e. The lowest BCUT2D eigenvalue weighted by molar-refractivity contribution is -0.743. The Balaban J connectivity index is 3.26. The van der Waals surface area contributed by atoms with Gasteiger partial charge >= 0.3 is 6.17 Å². The zero-order valence-electron chi connectivity index (χ0n) is 14.0. The third-order valence-corrected chi connectivity index (χ3v) is 4.05. The molecule has 0 atom stereocenters. The highest BCUT2D eigenvalue weighted by molar-refractivity contribution is 4.50. The lowest BCUT2D eigenvalue weighted by atomic mass is 10.0. The van der Waals surface area contributed by atoms with E-state index in [1.807, 2.05) is 0 Å². The topological polar surface area (TPSA) is 86.3 Å². The van der Waals surface area contributed by atoms with Gasteiger partial charge in [0.2, 0.25) is 0 Å². The summed E-state index contributed by atoms with van der Waals surface area (Å²) < 4.78 is 0. The van der Waals surface area contributed by atoms with Gasteiger partial charge in [-0.3, -0.25) is 20.2 Å². The van der Waals surface area contributed by atoms with E-state index < -0.39 is 16.0 Å². The molecular weight excluding hydrogens is 284 g/mol. The molecule has 0 saturated heterocycles. The average Bonchev–Trinajstić information content (AvgIpc) is 2.46.